The van der Waals surface area contributed by atoms with Crippen molar-refractivity contribution in [2.75, 3.05) is 23.4 Å². The molecule has 0 bridgehead atoms. The monoisotopic (exact) mass is 410 g/mol. The summed E-state index contributed by atoms with van der Waals surface area (Å²) in [6.45, 7) is -0.129. The molecule has 1 aliphatic heterocycles. The first-order valence-electron chi connectivity index (χ1n) is 7.81. The van der Waals surface area contributed by atoms with E-state index in [0.717, 1.165) is 17.1 Å². The fourth-order valence-corrected chi connectivity index (χ4v) is 5.84. The van der Waals surface area contributed by atoms with Gasteiger partial charge in [0.2, 0.25) is 10.0 Å². The minimum absolute atomic E-state index is 0.00719. The average molecular weight is 411 g/mol. The summed E-state index contributed by atoms with van der Waals surface area (Å²) in [4.78, 5) is 12.1. The second kappa shape index (κ2) is 8.34. The number of carbonyl (C=O) groups is 1. The van der Waals surface area contributed by atoms with Gasteiger partial charge < -0.3 is 10.1 Å². The number of hydrogen-bond donors (Lipinski definition) is 2. The number of benzene rings is 2. The van der Waals surface area contributed by atoms with Gasteiger partial charge in [-0.05, 0) is 30.3 Å². The molecule has 0 aromatic heterocycles. The number of para-hydroxylation sites is 1. The second-order valence-corrected chi connectivity index (χ2v) is 9.80. The molecule has 1 saturated heterocycles. The van der Waals surface area contributed by atoms with Gasteiger partial charge in [0.15, 0.2) is 6.61 Å². The van der Waals surface area contributed by atoms with Crippen molar-refractivity contribution in [3.63, 3.8) is 0 Å². The van der Waals surface area contributed by atoms with Gasteiger partial charge in [-0.15, -0.1) is 23.5 Å². The number of nitrogens with two attached hydrogens (primary N) is 1. The number of sulfonamides is 1. The number of rotatable bonds is 6. The zero-order valence-corrected chi connectivity index (χ0v) is 16.2. The summed E-state index contributed by atoms with van der Waals surface area (Å²) < 4.78 is 28.5. The fraction of sp³-hybridized carbons (Fsp3) is 0.235. The van der Waals surface area contributed by atoms with E-state index in [4.69, 9.17) is 9.88 Å². The highest BCUT2D eigenvalue weighted by molar-refractivity contribution is 8.19. The fourth-order valence-electron chi connectivity index (χ4n) is 2.41. The SMILES string of the molecule is NS(=O)(=O)c1ccc(NC(=O)COc2ccccc2C2SCCS2)cc1. The van der Waals surface area contributed by atoms with Crippen LogP contribution in [0.25, 0.3) is 0 Å². The molecule has 0 saturated carbocycles. The summed E-state index contributed by atoms with van der Waals surface area (Å²) in [5.41, 5.74) is 1.56. The lowest BCUT2D eigenvalue weighted by molar-refractivity contribution is -0.118. The standard InChI is InChI=1S/C17H18N2O4S3/c18-26(21,22)13-7-5-12(6-8-13)19-16(20)11-23-15-4-2-1-3-14(15)17-24-9-10-25-17/h1-8,17H,9-11H2,(H,19,20)(H2,18,21,22). The largest absolute Gasteiger partial charge is 0.483 e. The molecule has 9 heteroatoms. The molecule has 1 heterocycles. The van der Waals surface area contributed by atoms with Crippen LogP contribution in [0.15, 0.2) is 53.4 Å². The van der Waals surface area contributed by atoms with Gasteiger partial charge in [-0.3, -0.25) is 4.79 Å². The van der Waals surface area contributed by atoms with Crippen LogP contribution in [0.4, 0.5) is 5.69 Å². The molecule has 1 amide bonds. The molecule has 3 rings (SSSR count). The Hall–Kier alpha value is -1.68. The predicted octanol–water partition coefficient (Wildman–Crippen LogP) is 2.83. The Labute approximate surface area is 160 Å². The topological polar surface area (TPSA) is 98.5 Å². The highest BCUT2D eigenvalue weighted by Gasteiger charge is 2.21. The molecular formula is C17H18N2O4S3. The highest BCUT2D eigenvalue weighted by Crippen LogP contribution is 2.48. The maximum absolute atomic E-state index is 12.1. The number of anilines is 1. The molecule has 2 aromatic rings. The summed E-state index contributed by atoms with van der Waals surface area (Å²) in [6, 6.07) is 13.4. The van der Waals surface area contributed by atoms with Gasteiger partial charge >= 0.3 is 0 Å². The lowest BCUT2D eigenvalue weighted by atomic mass is 10.2. The Kier molecular flexibility index (Phi) is 6.13. The van der Waals surface area contributed by atoms with E-state index in [9.17, 15) is 13.2 Å². The molecule has 2 aromatic carbocycles. The molecule has 0 atom stereocenters. The van der Waals surface area contributed by atoms with Crippen LogP contribution in [0, 0.1) is 0 Å². The van der Waals surface area contributed by atoms with Gasteiger partial charge in [-0.25, -0.2) is 13.6 Å². The Morgan fingerprint density at radius 1 is 1.12 bits per heavy atom. The van der Waals surface area contributed by atoms with Crippen LogP contribution in [0.5, 0.6) is 5.75 Å². The number of nitrogens with one attached hydrogen (secondary N) is 1. The number of carbonyl (C=O) groups excluding carboxylic acids is 1. The van der Waals surface area contributed by atoms with Crippen LogP contribution in [0.2, 0.25) is 0 Å². The van der Waals surface area contributed by atoms with Crippen molar-refractivity contribution in [3.8, 4) is 5.75 Å². The first-order valence-corrected chi connectivity index (χ1v) is 11.5. The molecule has 138 valence electrons. The number of thioether (sulfide) groups is 2. The van der Waals surface area contributed by atoms with Gasteiger partial charge in [-0.2, -0.15) is 0 Å². The summed E-state index contributed by atoms with van der Waals surface area (Å²) >= 11 is 3.75. The first kappa shape index (κ1) is 19.1. The predicted molar refractivity (Wildman–Crippen MR) is 106 cm³/mol. The Balaban J connectivity index is 1.59. The van der Waals surface area contributed by atoms with Gasteiger partial charge in [0.1, 0.15) is 5.75 Å². The maximum Gasteiger partial charge on any atom is 0.262 e. The van der Waals surface area contributed by atoms with Crippen LogP contribution in [-0.2, 0) is 14.8 Å². The molecule has 26 heavy (non-hydrogen) atoms. The molecule has 0 aliphatic carbocycles. The normalized spacial score (nSPS) is 15.0. The van der Waals surface area contributed by atoms with Gasteiger partial charge in [0, 0.05) is 22.8 Å². The van der Waals surface area contributed by atoms with Crippen LogP contribution < -0.4 is 15.2 Å². The van der Waals surface area contributed by atoms with Crippen molar-refractivity contribution >= 4 is 45.1 Å². The Bertz CT molecular complexity index is 879. The molecule has 1 fully saturated rings. The van der Waals surface area contributed by atoms with E-state index in [1.165, 1.54) is 24.3 Å². The number of primary sulfonamides is 1. The number of hydrogen-bond acceptors (Lipinski definition) is 6. The van der Waals surface area contributed by atoms with Gasteiger partial charge in [-0.1, -0.05) is 18.2 Å². The van der Waals surface area contributed by atoms with E-state index < -0.39 is 10.0 Å². The van der Waals surface area contributed by atoms with Crippen LogP contribution in [0.1, 0.15) is 10.1 Å². The highest BCUT2D eigenvalue weighted by atomic mass is 32.2. The Morgan fingerprint density at radius 2 is 1.77 bits per heavy atom. The second-order valence-electron chi connectivity index (χ2n) is 5.52. The average Bonchev–Trinajstić information content (AvgIpc) is 3.14. The summed E-state index contributed by atoms with van der Waals surface area (Å²) in [5.74, 6) is 2.60. The van der Waals surface area contributed by atoms with Crippen molar-refractivity contribution in [1.82, 2.24) is 0 Å². The molecule has 6 nitrogen and oxygen atoms in total. The molecule has 0 spiro atoms. The van der Waals surface area contributed by atoms with Crippen LogP contribution >= 0.6 is 23.5 Å². The van der Waals surface area contributed by atoms with Crippen molar-refractivity contribution < 1.29 is 17.9 Å². The van der Waals surface area contributed by atoms with E-state index in [1.54, 1.807) is 0 Å². The number of amides is 1. The maximum atomic E-state index is 12.1. The van der Waals surface area contributed by atoms with Crippen molar-refractivity contribution in [2.24, 2.45) is 5.14 Å². The zero-order chi connectivity index (χ0) is 18.6. The molecular weight excluding hydrogens is 392 g/mol. The van der Waals surface area contributed by atoms with Gasteiger partial charge in [0.25, 0.3) is 5.91 Å². The minimum Gasteiger partial charge on any atom is -0.483 e. The zero-order valence-electron chi connectivity index (χ0n) is 13.8. The molecule has 0 unspecified atom stereocenters. The van der Waals surface area contributed by atoms with E-state index >= 15 is 0 Å². The van der Waals surface area contributed by atoms with E-state index in [-0.39, 0.29) is 17.4 Å². The minimum atomic E-state index is -3.75. The quantitative estimate of drug-likeness (QED) is 0.760. The third kappa shape index (κ3) is 4.94. The van der Waals surface area contributed by atoms with Gasteiger partial charge in [0.05, 0.1) is 9.48 Å². The summed E-state index contributed by atoms with van der Waals surface area (Å²) in [7, 11) is -3.75. The molecule has 1 aliphatic rings. The van der Waals surface area contributed by atoms with E-state index in [0.29, 0.717) is 16.0 Å². The third-order valence-electron chi connectivity index (χ3n) is 3.62. The van der Waals surface area contributed by atoms with Crippen molar-refractivity contribution in [1.29, 1.82) is 0 Å². The lowest BCUT2D eigenvalue weighted by Crippen LogP contribution is -2.20. The van der Waals surface area contributed by atoms with Crippen LogP contribution in [0.3, 0.4) is 0 Å². The Morgan fingerprint density at radius 3 is 2.42 bits per heavy atom. The third-order valence-corrected chi connectivity index (χ3v) is 7.62. The van der Waals surface area contributed by atoms with E-state index in [2.05, 4.69) is 5.32 Å². The van der Waals surface area contributed by atoms with Crippen LogP contribution in [-0.4, -0.2) is 32.4 Å². The summed E-state index contributed by atoms with van der Waals surface area (Å²) in [6.07, 6.45) is 0. The smallest absolute Gasteiger partial charge is 0.262 e. The lowest BCUT2D eigenvalue weighted by Gasteiger charge is -2.15. The van der Waals surface area contributed by atoms with Crippen molar-refractivity contribution in [3.05, 3.63) is 54.1 Å². The molecule has 0 radical (unpaired) electrons. The van der Waals surface area contributed by atoms with Crippen molar-refractivity contribution in [2.45, 2.75) is 9.48 Å². The van der Waals surface area contributed by atoms with E-state index in [1.807, 2.05) is 47.8 Å². The number of ether oxygens (including phenoxy) is 1. The first-order chi connectivity index (χ1) is 12.4. The molecule has 3 N–H and O–H groups in total. The summed E-state index contributed by atoms with van der Waals surface area (Å²) in [5, 5.41) is 7.72.